The number of nitrogens with zero attached hydrogens (tertiary/aromatic N) is 2. The van der Waals surface area contributed by atoms with Crippen molar-refractivity contribution in [3.05, 3.63) is 137 Å². The van der Waals surface area contributed by atoms with Gasteiger partial charge in [-0.15, -0.1) is 0 Å². The second-order valence-electron chi connectivity index (χ2n) is 18.8. The van der Waals surface area contributed by atoms with Crippen LogP contribution in [-0.4, -0.2) is 0 Å². The number of pyridine rings is 2. The van der Waals surface area contributed by atoms with Crippen LogP contribution in [0.15, 0.2) is 114 Å². The zero-order valence-corrected chi connectivity index (χ0v) is 35.7. The van der Waals surface area contributed by atoms with Crippen LogP contribution in [0, 0.1) is 0 Å². The lowest BCUT2D eigenvalue weighted by atomic mass is 9.59. The van der Waals surface area contributed by atoms with E-state index < -0.39 is 0 Å². The fourth-order valence-electron chi connectivity index (χ4n) is 10.9. The number of unbranched alkanes of at least 4 members (excludes halogenated alkanes) is 1. The Morgan fingerprint density at radius 2 is 1.42 bits per heavy atom. The first-order chi connectivity index (χ1) is 27.4. The maximum atomic E-state index is 6.65. The van der Waals surface area contributed by atoms with Crippen LogP contribution in [0.2, 0.25) is 0 Å². The molecule has 3 nitrogen and oxygen atoms in total. The standard InChI is InChI=1S/C54H60N2O/c1-10-13-18-36-22-23-40-44(31-36)53(8,11-2)54(12-3,56-29-17-16-20-47(40)56)26-24-37-32-43-39-19-14-15-21-48(39)57-49(43)35-42(37)50-41-34-46-45(33-38(41)25-30-55(50)9)51(4,5)27-28-52(46,6)7/h14-17,19-26,29-35H,10-13,18,27-28H2,1-9H3/q+2. The molecule has 0 fully saturated rings. The Morgan fingerprint density at radius 1 is 0.667 bits per heavy atom. The van der Waals surface area contributed by atoms with Crippen LogP contribution in [-0.2, 0) is 35.3 Å². The van der Waals surface area contributed by atoms with Crippen molar-refractivity contribution in [2.24, 2.45) is 7.05 Å². The zero-order valence-electron chi connectivity index (χ0n) is 35.7. The quantitative estimate of drug-likeness (QED) is 0.142. The van der Waals surface area contributed by atoms with E-state index in [2.05, 4.69) is 187 Å². The Balaban J connectivity index is 1.32. The Kier molecular flexibility index (Phi) is 8.92. The Morgan fingerprint density at radius 3 is 2.18 bits per heavy atom. The molecule has 7 aromatic rings. The van der Waals surface area contributed by atoms with Crippen molar-refractivity contribution >= 4 is 38.8 Å². The van der Waals surface area contributed by atoms with E-state index in [0.717, 1.165) is 41.2 Å². The highest BCUT2D eigenvalue weighted by atomic mass is 16.3. The third kappa shape index (κ3) is 5.66. The molecule has 0 spiro atoms. The molecular weight excluding hydrogens is 693 g/mol. The third-order valence-corrected chi connectivity index (χ3v) is 14.7. The smallest absolute Gasteiger partial charge is 0.220 e. The average molecular weight is 753 g/mol. The summed E-state index contributed by atoms with van der Waals surface area (Å²) in [7, 11) is 2.21. The van der Waals surface area contributed by atoms with Crippen LogP contribution in [0.25, 0.3) is 61.3 Å². The Bertz CT molecular complexity index is 2740. The van der Waals surface area contributed by atoms with E-state index in [-0.39, 0.29) is 21.8 Å². The van der Waals surface area contributed by atoms with Crippen molar-refractivity contribution in [2.45, 2.75) is 122 Å². The fraction of sp³-hybridized carbons (Fsp3) is 0.370. The van der Waals surface area contributed by atoms with Gasteiger partial charge in [-0.1, -0.05) is 91.3 Å². The van der Waals surface area contributed by atoms with Gasteiger partial charge in [0.2, 0.25) is 11.4 Å². The third-order valence-electron chi connectivity index (χ3n) is 14.7. The van der Waals surface area contributed by atoms with Gasteiger partial charge in [0.05, 0.1) is 21.9 Å². The molecule has 0 N–H and O–H groups in total. The normalized spacial score (nSPS) is 20.9. The van der Waals surface area contributed by atoms with Crippen molar-refractivity contribution in [2.75, 3.05) is 0 Å². The molecule has 4 heterocycles. The molecule has 0 saturated heterocycles. The van der Waals surface area contributed by atoms with Gasteiger partial charge in [-0.2, -0.15) is 4.57 Å². The van der Waals surface area contributed by atoms with Gasteiger partial charge in [0.25, 0.3) is 0 Å². The van der Waals surface area contributed by atoms with Gasteiger partial charge in [-0.05, 0) is 132 Å². The molecule has 290 valence electrons. The summed E-state index contributed by atoms with van der Waals surface area (Å²) in [5.41, 5.74) is 13.8. The number of aryl methyl sites for hydroxylation is 2. The minimum atomic E-state index is -0.310. The van der Waals surface area contributed by atoms with Crippen molar-refractivity contribution in [3.8, 4) is 22.5 Å². The Labute approximate surface area is 340 Å². The topological polar surface area (TPSA) is 20.9 Å². The van der Waals surface area contributed by atoms with E-state index in [1.54, 1.807) is 0 Å². The first-order valence-electron chi connectivity index (χ1n) is 21.6. The molecule has 4 aromatic carbocycles. The lowest BCUT2D eigenvalue weighted by Gasteiger charge is -2.46. The molecule has 0 amide bonds. The number of fused-ring (bicyclic) bond motifs is 8. The number of para-hydroxylation sites is 1. The van der Waals surface area contributed by atoms with Crippen LogP contribution < -0.4 is 9.13 Å². The largest absolute Gasteiger partial charge is 0.456 e. The second kappa shape index (κ2) is 13.5. The summed E-state index contributed by atoms with van der Waals surface area (Å²) in [5.74, 6) is 0. The van der Waals surface area contributed by atoms with Crippen LogP contribution in [0.3, 0.4) is 0 Å². The minimum Gasteiger partial charge on any atom is -0.456 e. The number of hydrogen-bond donors (Lipinski definition) is 0. The van der Waals surface area contributed by atoms with Gasteiger partial charge in [0.15, 0.2) is 17.9 Å². The number of allylic oxidation sites excluding steroid dienone is 1. The van der Waals surface area contributed by atoms with E-state index in [0.29, 0.717) is 0 Å². The molecule has 2 unspecified atom stereocenters. The molecular formula is C54H60N2O+2. The van der Waals surface area contributed by atoms with E-state index in [1.807, 2.05) is 0 Å². The summed E-state index contributed by atoms with van der Waals surface area (Å²) in [5, 5.41) is 4.90. The predicted molar refractivity (Wildman–Crippen MR) is 239 cm³/mol. The maximum Gasteiger partial charge on any atom is 0.220 e. The molecule has 9 rings (SSSR count). The fourth-order valence-corrected chi connectivity index (χ4v) is 10.9. The molecule has 0 saturated carbocycles. The van der Waals surface area contributed by atoms with E-state index in [1.165, 1.54) is 86.8 Å². The van der Waals surface area contributed by atoms with Crippen molar-refractivity contribution < 1.29 is 13.6 Å². The number of rotatable bonds is 8. The molecule has 1 aliphatic carbocycles. The van der Waals surface area contributed by atoms with Crippen molar-refractivity contribution in [3.63, 3.8) is 0 Å². The Hall–Kier alpha value is -5.02. The summed E-state index contributed by atoms with van der Waals surface area (Å²) in [6.45, 7) is 19.3. The van der Waals surface area contributed by atoms with Crippen molar-refractivity contribution in [1.29, 1.82) is 0 Å². The highest BCUT2D eigenvalue weighted by Crippen LogP contribution is 2.52. The minimum absolute atomic E-state index is 0.104. The molecule has 0 bridgehead atoms. The molecule has 57 heavy (non-hydrogen) atoms. The monoisotopic (exact) mass is 752 g/mol. The van der Waals surface area contributed by atoms with Gasteiger partial charge in [-0.3, -0.25) is 0 Å². The summed E-state index contributed by atoms with van der Waals surface area (Å²) in [4.78, 5) is 0. The summed E-state index contributed by atoms with van der Waals surface area (Å²) in [6, 6.07) is 34.7. The molecule has 1 aliphatic heterocycles. The first-order valence-corrected chi connectivity index (χ1v) is 21.6. The second-order valence-corrected chi connectivity index (χ2v) is 18.8. The van der Waals surface area contributed by atoms with Crippen molar-refractivity contribution in [1.82, 2.24) is 0 Å². The summed E-state index contributed by atoms with van der Waals surface area (Å²) < 4.78 is 11.6. The van der Waals surface area contributed by atoms with Gasteiger partial charge in [-0.25, -0.2) is 4.57 Å². The van der Waals surface area contributed by atoms with E-state index >= 15 is 0 Å². The van der Waals surface area contributed by atoms with Crippen LogP contribution >= 0.6 is 0 Å². The van der Waals surface area contributed by atoms with Gasteiger partial charge >= 0.3 is 0 Å². The molecule has 3 heteroatoms. The van der Waals surface area contributed by atoms with E-state index in [9.17, 15) is 0 Å². The van der Waals surface area contributed by atoms with Gasteiger partial charge < -0.3 is 4.42 Å². The number of furan rings is 1. The first kappa shape index (κ1) is 37.6. The van der Waals surface area contributed by atoms with Crippen LogP contribution in [0.1, 0.15) is 122 Å². The molecule has 0 radical (unpaired) electrons. The highest BCUT2D eigenvalue weighted by Gasteiger charge is 2.58. The van der Waals surface area contributed by atoms with E-state index in [4.69, 9.17) is 4.42 Å². The highest BCUT2D eigenvalue weighted by molar-refractivity contribution is 6.08. The molecule has 2 atom stereocenters. The predicted octanol–water partition coefficient (Wildman–Crippen LogP) is 13.4. The average Bonchev–Trinajstić information content (AvgIpc) is 3.58. The SMILES string of the molecule is CCCCc1ccc2c(c1)C(C)(CC)C(C=Cc1cc3c(cc1-c1c4cc5c(cc4cc[n+]1C)C(C)(C)CCC5(C)C)oc1ccccc13)(CC)[n+]1ccccc1-2. The number of hydrogen-bond acceptors (Lipinski definition) is 1. The van der Waals surface area contributed by atoms with Gasteiger partial charge in [0.1, 0.15) is 18.2 Å². The molecule has 3 aromatic heterocycles. The van der Waals surface area contributed by atoms with Crippen LogP contribution in [0.5, 0.6) is 0 Å². The lowest BCUT2D eigenvalue weighted by molar-refractivity contribution is -0.756. The van der Waals surface area contributed by atoms with Gasteiger partial charge in [0, 0.05) is 35.4 Å². The molecule has 2 aliphatic rings. The lowest BCUT2D eigenvalue weighted by Crippen LogP contribution is -2.68. The number of benzene rings is 4. The summed E-state index contributed by atoms with van der Waals surface area (Å²) >= 11 is 0. The number of aromatic nitrogens is 2. The maximum absolute atomic E-state index is 6.65. The summed E-state index contributed by atoms with van der Waals surface area (Å²) in [6.07, 6.45) is 17.5. The zero-order chi connectivity index (χ0) is 39.9. The van der Waals surface area contributed by atoms with Crippen LogP contribution in [0.4, 0.5) is 0 Å².